The van der Waals surface area contributed by atoms with E-state index >= 15 is 0 Å². The van der Waals surface area contributed by atoms with Crippen molar-refractivity contribution < 1.29 is 19.1 Å². The van der Waals surface area contributed by atoms with Gasteiger partial charge in [-0.15, -0.1) is 0 Å². The smallest absolute Gasteiger partial charge is 0.290 e. The van der Waals surface area contributed by atoms with Gasteiger partial charge in [-0.3, -0.25) is 9.59 Å². The topological polar surface area (TPSA) is 86.5 Å². The number of aromatic nitrogens is 1. The van der Waals surface area contributed by atoms with Crippen LogP contribution in [0.2, 0.25) is 0 Å². The number of carbonyl (C=O) groups is 2. The number of nitrogens with zero attached hydrogens (tertiary/aromatic N) is 1. The number of amides is 1. The number of rotatable bonds is 6. The zero-order chi connectivity index (χ0) is 20.7. The van der Waals surface area contributed by atoms with Gasteiger partial charge in [-0.25, -0.2) is 0 Å². The van der Waals surface area contributed by atoms with Gasteiger partial charge in [-0.05, 0) is 31.0 Å². The highest BCUT2D eigenvalue weighted by molar-refractivity contribution is 6.09. The van der Waals surface area contributed by atoms with Crippen molar-refractivity contribution in [3.8, 4) is 0 Å². The molecule has 3 aromatic rings. The van der Waals surface area contributed by atoms with Crippen molar-refractivity contribution in [2.45, 2.75) is 39.8 Å². The summed E-state index contributed by atoms with van der Waals surface area (Å²) in [5.41, 5.74) is 2.78. The fraction of sp³-hybridized carbons (Fsp3) is 0.304. The van der Waals surface area contributed by atoms with Gasteiger partial charge in [0, 0.05) is 28.6 Å². The van der Waals surface area contributed by atoms with E-state index in [-0.39, 0.29) is 30.2 Å². The van der Waals surface area contributed by atoms with Crippen molar-refractivity contribution >= 4 is 22.6 Å². The largest absolute Gasteiger partial charge is 0.503 e. The number of ketones is 1. The van der Waals surface area contributed by atoms with E-state index in [1.54, 1.807) is 18.4 Å². The molecule has 1 amide bonds. The number of hydrogen-bond donors (Lipinski definition) is 2. The predicted octanol–water partition coefficient (Wildman–Crippen LogP) is 4.58. The van der Waals surface area contributed by atoms with Gasteiger partial charge < -0.3 is 19.4 Å². The van der Waals surface area contributed by atoms with E-state index in [1.165, 1.54) is 4.90 Å². The minimum Gasteiger partial charge on any atom is -0.503 e. The molecule has 2 aromatic heterocycles. The van der Waals surface area contributed by atoms with Gasteiger partial charge in [0.05, 0.1) is 24.4 Å². The van der Waals surface area contributed by atoms with Crippen LogP contribution in [0.5, 0.6) is 0 Å². The molecule has 0 fully saturated rings. The lowest BCUT2D eigenvalue weighted by atomic mass is 9.90. The first-order valence-electron chi connectivity index (χ1n) is 9.75. The number of para-hydroxylation sites is 1. The van der Waals surface area contributed by atoms with Crippen LogP contribution in [0.15, 0.2) is 58.4 Å². The van der Waals surface area contributed by atoms with Crippen molar-refractivity contribution in [3.63, 3.8) is 0 Å². The summed E-state index contributed by atoms with van der Waals surface area (Å²) >= 11 is 0. The Morgan fingerprint density at radius 2 is 2.00 bits per heavy atom. The Morgan fingerprint density at radius 3 is 2.69 bits per heavy atom. The molecule has 1 aromatic carbocycles. The predicted molar refractivity (Wildman–Crippen MR) is 109 cm³/mol. The molecule has 1 aliphatic heterocycles. The Morgan fingerprint density at radius 1 is 1.24 bits per heavy atom. The quantitative estimate of drug-likeness (QED) is 0.643. The number of benzene rings is 1. The van der Waals surface area contributed by atoms with Crippen molar-refractivity contribution in [1.29, 1.82) is 0 Å². The first-order valence-corrected chi connectivity index (χ1v) is 9.75. The fourth-order valence-corrected chi connectivity index (χ4v) is 4.10. The standard InChI is InChI=1S/C23H24N2O4/c1-13(2)11-18(26)20-21(19-14(3)24-17-9-5-4-8-16(17)19)25(23(28)22(20)27)12-15-7-6-10-29-15/h4-10,13,21,24,27H,11-12H2,1-3H3. The second-order valence-electron chi connectivity index (χ2n) is 7.91. The zero-order valence-corrected chi connectivity index (χ0v) is 16.7. The van der Waals surface area contributed by atoms with Crippen LogP contribution in [0.25, 0.3) is 10.9 Å². The van der Waals surface area contributed by atoms with E-state index in [2.05, 4.69) is 4.98 Å². The third-order valence-corrected chi connectivity index (χ3v) is 5.32. The average Bonchev–Trinajstić information content (AvgIpc) is 3.34. The maximum Gasteiger partial charge on any atom is 0.290 e. The summed E-state index contributed by atoms with van der Waals surface area (Å²) in [5.74, 6) is -0.518. The third-order valence-electron chi connectivity index (χ3n) is 5.32. The molecule has 0 saturated carbocycles. The Kier molecular flexibility index (Phi) is 4.78. The van der Waals surface area contributed by atoms with Crippen molar-refractivity contribution in [2.24, 2.45) is 5.92 Å². The summed E-state index contributed by atoms with van der Waals surface area (Å²) in [6.45, 7) is 5.97. The van der Waals surface area contributed by atoms with E-state index in [9.17, 15) is 14.7 Å². The monoisotopic (exact) mass is 392 g/mol. The second-order valence-corrected chi connectivity index (χ2v) is 7.91. The third kappa shape index (κ3) is 3.24. The lowest BCUT2D eigenvalue weighted by Gasteiger charge is -2.26. The number of carbonyl (C=O) groups excluding carboxylic acids is 2. The first kappa shape index (κ1) is 19.1. The maximum atomic E-state index is 13.1. The molecule has 1 atom stereocenters. The molecular formula is C23H24N2O4. The van der Waals surface area contributed by atoms with Crippen LogP contribution in [-0.2, 0) is 16.1 Å². The number of nitrogens with one attached hydrogen (secondary N) is 1. The van der Waals surface area contributed by atoms with Gasteiger partial charge in [0.1, 0.15) is 5.76 Å². The minimum absolute atomic E-state index is 0.113. The molecule has 1 unspecified atom stereocenters. The van der Waals surface area contributed by atoms with Crippen LogP contribution >= 0.6 is 0 Å². The molecule has 1 aliphatic rings. The van der Waals surface area contributed by atoms with Gasteiger partial charge in [0.15, 0.2) is 11.5 Å². The van der Waals surface area contributed by atoms with Crippen LogP contribution in [0.4, 0.5) is 0 Å². The number of hydrogen-bond acceptors (Lipinski definition) is 4. The maximum absolute atomic E-state index is 13.1. The number of aliphatic hydroxyl groups excluding tert-OH is 1. The molecular weight excluding hydrogens is 368 g/mol. The molecule has 0 saturated heterocycles. The summed E-state index contributed by atoms with van der Waals surface area (Å²) in [6.07, 6.45) is 1.80. The van der Waals surface area contributed by atoms with Crippen LogP contribution < -0.4 is 0 Å². The molecule has 6 nitrogen and oxygen atoms in total. The highest BCUT2D eigenvalue weighted by atomic mass is 16.3. The molecule has 6 heteroatoms. The molecule has 29 heavy (non-hydrogen) atoms. The van der Waals surface area contributed by atoms with Crippen LogP contribution in [-0.4, -0.2) is 26.7 Å². The number of aromatic amines is 1. The normalized spacial score (nSPS) is 17.2. The Hall–Kier alpha value is -3.28. The van der Waals surface area contributed by atoms with Gasteiger partial charge in [-0.2, -0.15) is 0 Å². The number of fused-ring (bicyclic) bond motifs is 1. The Labute approximate surface area is 168 Å². The number of aryl methyl sites for hydroxylation is 1. The van der Waals surface area contributed by atoms with E-state index in [4.69, 9.17) is 4.42 Å². The Balaban J connectivity index is 1.88. The molecule has 0 aliphatic carbocycles. The van der Waals surface area contributed by atoms with Crippen molar-refractivity contribution in [2.75, 3.05) is 0 Å². The molecule has 0 bridgehead atoms. The van der Waals surface area contributed by atoms with Crippen LogP contribution in [0.3, 0.4) is 0 Å². The first-order chi connectivity index (χ1) is 13.9. The summed E-state index contributed by atoms with van der Waals surface area (Å²) in [4.78, 5) is 30.9. The SMILES string of the molecule is Cc1[nH]c2ccccc2c1C1C(C(=O)CC(C)C)=C(O)C(=O)N1Cc1ccco1. The van der Waals surface area contributed by atoms with Gasteiger partial charge >= 0.3 is 0 Å². The highest BCUT2D eigenvalue weighted by Crippen LogP contribution is 2.43. The lowest BCUT2D eigenvalue weighted by molar-refractivity contribution is -0.130. The van der Waals surface area contributed by atoms with Gasteiger partial charge in [-0.1, -0.05) is 32.0 Å². The number of furan rings is 1. The molecule has 2 N–H and O–H groups in total. The van der Waals surface area contributed by atoms with E-state index in [0.29, 0.717) is 5.76 Å². The zero-order valence-electron chi connectivity index (χ0n) is 16.7. The summed E-state index contributed by atoms with van der Waals surface area (Å²) < 4.78 is 5.44. The lowest BCUT2D eigenvalue weighted by Crippen LogP contribution is -2.31. The van der Waals surface area contributed by atoms with Gasteiger partial charge in [0.2, 0.25) is 0 Å². The number of Topliss-reactive ketones (excluding diaryl/α,β-unsaturated/α-hetero) is 1. The summed E-state index contributed by atoms with van der Waals surface area (Å²) in [7, 11) is 0. The average molecular weight is 392 g/mol. The molecule has 0 spiro atoms. The number of H-pyrrole nitrogens is 1. The van der Waals surface area contributed by atoms with Crippen molar-refractivity contribution in [1.82, 2.24) is 9.88 Å². The number of aliphatic hydroxyl groups is 1. The summed E-state index contributed by atoms with van der Waals surface area (Å²) in [5, 5.41) is 11.6. The molecule has 4 rings (SSSR count). The summed E-state index contributed by atoms with van der Waals surface area (Å²) in [6, 6.07) is 10.6. The second kappa shape index (κ2) is 7.28. The highest BCUT2D eigenvalue weighted by Gasteiger charge is 2.45. The van der Waals surface area contributed by atoms with Gasteiger partial charge in [0.25, 0.3) is 5.91 Å². The Bertz CT molecular complexity index is 1110. The van der Waals surface area contributed by atoms with Crippen LogP contribution in [0, 0.1) is 12.8 Å². The molecule has 150 valence electrons. The fourth-order valence-electron chi connectivity index (χ4n) is 4.10. The van der Waals surface area contributed by atoms with Crippen LogP contribution in [0.1, 0.15) is 43.3 Å². The van der Waals surface area contributed by atoms with E-state index in [1.807, 2.05) is 45.0 Å². The molecule has 0 radical (unpaired) electrons. The molecule has 3 heterocycles. The minimum atomic E-state index is -0.671. The van der Waals surface area contributed by atoms with E-state index in [0.717, 1.165) is 22.2 Å². The van der Waals surface area contributed by atoms with Crippen molar-refractivity contribution in [3.05, 3.63) is 71.0 Å². The van der Waals surface area contributed by atoms with E-state index < -0.39 is 17.7 Å².